The number of aromatic amines is 1. The van der Waals surface area contributed by atoms with Crippen LogP contribution >= 0.6 is 11.3 Å². The van der Waals surface area contributed by atoms with E-state index in [4.69, 9.17) is 0 Å². The van der Waals surface area contributed by atoms with Gasteiger partial charge in [-0.05, 0) is 31.7 Å². The molecule has 1 aliphatic carbocycles. The fourth-order valence-electron chi connectivity index (χ4n) is 1.84. The highest BCUT2D eigenvalue weighted by Crippen LogP contribution is 2.31. The first-order chi connectivity index (χ1) is 6.93. The monoisotopic (exact) mass is 205 g/mol. The SMILES string of the molecule is c1cc(-c2nc3c(s2)CCCC3)[nH]n1. The van der Waals surface area contributed by atoms with E-state index in [1.54, 1.807) is 6.20 Å². The third-order valence-corrected chi connectivity index (χ3v) is 3.77. The predicted molar refractivity (Wildman–Crippen MR) is 56.3 cm³/mol. The molecule has 3 rings (SSSR count). The van der Waals surface area contributed by atoms with Crippen LogP contribution in [0.3, 0.4) is 0 Å². The number of aromatic nitrogens is 3. The molecule has 0 fully saturated rings. The number of rotatable bonds is 1. The average molecular weight is 205 g/mol. The van der Waals surface area contributed by atoms with Crippen LogP contribution < -0.4 is 0 Å². The predicted octanol–water partition coefficient (Wildman–Crippen LogP) is 2.41. The summed E-state index contributed by atoms with van der Waals surface area (Å²) in [4.78, 5) is 6.11. The Morgan fingerprint density at radius 1 is 1.29 bits per heavy atom. The molecule has 0 unspecified atom stereocenters. The molecule has 0 radical (unpaired) electrons. The molecule has 14 heavy (non-hydrogen) atoms. The molecule has 3 nitrogen and oxygen atoms in total. The van der Waals surface area contributed by atoms with Crippen molar-refractivity contribution in [2.75, 3.05) is 0 Å². The van der Waals surface area contributed by atoms with E-state index in [1.807, 2.05) is 17.4 Å². The summed E-state index contributed by atoms with van der Waals surface area (Å²) in [5, 5.41) is 8.00. The molecule has 4 heteroatoms. The third kappa shape index (κ3) is 1.26. The van der Waals surface area contributed by atoms with Gasteiger partial charge in [-0.1, -0.05) is 0 Å². The van der Waals surface area contributed by atoms with Crippen molar-refractivity contribution in [3.63, 3.8) is 0 Å². The fourth-order valence-corrected chi connectivity index (χ4v) is 2.97. The second-order valence-electron chi connectivity index (χ2n) is 3.57. The lowest BCUT2D eigenvalue weighted by Crippen LogP contribution is -1.98. The van der Waals surface area contributed by atoms with Gasteiger partial charge in [0, 0.05) is 11.1 Å². The molecule has 1 aliphatic rings. The summed E-state index contributed by atoms with van der Waals surface area (Å²) < 4.78 is 0. The van der Waals surface area contributed by atoms with Gasteiger partial charge >= 0.3 is 0 Å². The largest absolute Gasteiger partial charge is 0.275 e. The molecule has 2 aromatic rings. The molecule has 0 saturated heterocycles. The highest BCUT2D eigenvalue weighted by atomic mass is 32.1. The van der Waals surface area contributed by atoms with Crippen LogP contribution in [0.2, 0.25) is 0 Å². The molecular formula is C10H11N3S. The first-order valence-corrected chi connectivity index (χ1v) is 5.73. The number of hydrogen-bond donors (Lipinski definition) is 1. The zero-order valence-electron chi connectivity index (χ0n) is 7.79. The van der Waals surface area contributed by atoms with Crippen LogP contribution in [0.25, 0.3) is 10.7 Å². The van der Waals surface area contributed by atoms with E-state index >= 15 is 0 Å². The Balaban J connectivity index is 2.04. The third-order valence-electron chi connectivity index (χ3n) is 2.58. The Hall–Kier alpha value is -1.16. The number of nitrogens with one attached hydrogen (secondary N) is 1. The van der Waals surface area contributed by atoms with Crippen molar-refractivity contribution in [2.24, 2.45) is 0 Å². The Morgan fingerprint density at radius 2 is 2.21 bits per heavy atom. The van der Waals surface area contributed by atoms with Crippen LogP contribution in [0, 0.1) is 0 Å². The van der Waals surface area contributed by atoms with Crippen LogP contribution in [0.15, 0.2) is 12.3 Å². The van der Waals surface area contributed by atoms with Gasteiger partial charge in [-0.3, -0.25) is 5.10 Å². The summed E-state index contributed by atoms with van der Waals surface area (Å²) in [5.41, 5.74) is 2.36. The minimum atomic E-state index is 1.05. The molecule has 0 saturated carbocycles. The number of H-pyrrole nitrogens is 1. The van der Waals surface area contributed by atoms with E-state index in [0.717, 1.165) is 17.1 Å². The smallest absolute Gasteiger partial charge is 0.141 e. The maximum atomic E-state index is 4.64. The van der Waals surface area contributed by atoms with Gasteiger partial charge in [-0.15, -0.1) is 11.3 Å². The van der Waals surface area contributed by atoms with E-state index < -0.39 is 0 Å². The van der Waals surface area contributed by atoms with Gasteiger partial charge in [0.05, 0.1) is 11.4 Å². The summed E-state index contributed by atoms with van der Waals surface area (Å²) in [6, 6.07) is 1.98. The summed E-state index contributed by atoms with van der Waals surface area (Å²) >= 11 is 1.81. The quantitative estimate of drug-likeness (QED) is 0.776. The van der Waals surface area contributed by atoms with Gasteiger partial charge in [-0.25, -0.2) is 4.98 Å². The molecule has 72 valence electrons. The Bertz CT molecular complexity index is 407. The lowest BCUT2D eigenvalue weighted by atomic mass is 10.0. The number of aryl methyl sites for hydroxylation is 2. The highest BCUT2D eigenvalue weighted by molar-refractivity contribution is 7.15. The lowest BCUT2D eigenvalue weighted by Gasteiger charge is -2.06. The standard InChI is InChI=1S/C10H11N3S/c1-2-4-9-7(3-1)12-10(14-9)8-5-6-11-13-8/h5-6H,1-4H2,(H,11,13). The summed E-state index contributed by atoms with van der Waals surface area (Å²) in [7, 11) is 0. The minimum Gasteiger partial charge on any atom is -0.275 e. The first-order valence-electron chi connectivity index (χ1n) is 4.92. The Kier molecular flexibility index (Phi) is 1.87. The Morgan fingerprint density at radius 3 is 3.00 bits per heavy atom. The normalized spacial score (nSPS) is 15.4. The molecule has 0 aliphatic heterocycles. The van der Waals surface area contributed by atoms with Crippen LogP contribution in [-0.4, -0.2) is 15.2 Å². The average Bonchev–Trinajstić information content (AvgIpc) is 2.86. The highest BCUT2D eigenvalue weighted by Gasteiger charge is 2.16. The van der Waals surface area contributed by atoms with E-state index in [0.29, 0.717) is 0 Å². The van der Waals surface area contributed by atoms with Crippen molar-refractivity contribution in [1.82, 2.24) is 15.2 Å². The molecule has 0 bridgehead atoms. The van der Waals surface area contributed by atoms with Crippen LogP contribution in [0.1, 0.15) is 23.4 Å². The molecule has 2 aromatic heterocycles. The molecule has 2 heterocycles. The van der Waals surface area contributed by atoms with Crippen molar-refractivity contribution in [3.8, 4) is 10.7 Å². The molecular weight excluding hydrogens is 194 g/mol. The minimum absolute atomic E-state index is 1.05. The molecule has 0 amide bonds. The lowest BCUT2D eigenvalue weighted by molar-refractivity contribution is 0.682. The van der Waals surface area contributed by atoms with E-state index in [2.05, 4.69) is 15.2 Å². The van der Waals surface area contributed by atoms with Crippen molar-refractivity contribution >= 4 is 11.3 Å². The van der Waals surface area contributed by atoms with Crippen molar-refractivity contribution in [1.29, 1.82) is 0 Å². The molecule has 1 N–H and O–H groups in total. The molecule has 0 aromatic carbocycles. The van der Waals surface area contributed by atoms with Gasteiger partial charge in [0.15, 0.2) is 0 Å². The first kappa shape index (κ1) is 8.17. The van der Waals surface area contributed by atoms with Crippen molar-refractivity contribution in [2.45, 2.75) is 25.7 Å². The van der Waals surface area contributed by atoms with E-state index in [-0.39, 0.29) is 0 Å². The van der Waals surface area contributed by atoms with Gasteiger partial charge < -0.3 is 0 Å². The number of hydrogen-bond acceptors (Lipinski definition) is 3. The molecule has 0 atom stereocenters. The zero-order chi connectivity index (χ0) is 9.38. The van der Waals surface area contributed by atoms with Crippen LogP contribution in [-0.2, 0) is 12.8 Å². The van der Waals surface area contributed by atoms with Crippen molar-refractivity contribution in [3.05, 3.63) is 22.8 Å². The number of nitrogens with zero attached hydrogens (tertiary/aromatic N) is 2. The fraction of sp³-hybridized carbons (Fsp3) is 0.400. The maximum Gasteiger partial charge on any atom is 0.141 e. The van der Waals surface area contributed by atoms with E-state index in [9.17, 15) is 0 Å². The zero-order valence-corrected chi connectivity index (χ0v) is 8.60. The summed E-state index contributed by atoms with van der Waals surface area (Å²) in [6.07, 6.45) is 6.74. The summed E-state index contributed by atoms with van der Waals surface area (Å²) in [5.74, 6) is 0. The van der Waals surface area contributed by atoms with Gasteiger partial charge in [0.2, 0.25) is 0 Å². The topological polar surface area (TPSA) is 41.6 Å². The second kappa shape index (κ2) is 3.20. The van der Waals surface area contributed by atoms with Gasteiger partial charge in [0.25, 0.3) is 0 Å². The Labute approximate surface area is 86.2 Å². The van der Waals surface area contributed by atoms with Gasteiger partial charge in [0.1, 0.15) is 5.01 Å². The number of fused-ring (bicyclic) bond motifs is 1. The molecule has 0 spiro atoms. The second-order valence-corrected chi connectivity index (χ2v) is 4.65. The van der Waals surface area contributed by atoms with Gasteiger partial charge in [-0.2, -0.15) is 5.10 Å². The van der Waals surface area contributed by atoms with E-state index in [1.165, 1.54) is 29.8 Å². The van der Waals surface area contributed by atoms with Crippen LogP contribution in [0.5, 0.6) is 0 Å². The maximum absolute atomic E-state index is 4.64. The summed E-state index contributed by atoms with van der Waals surface area (Å²) in [6.45, 7) is 0. The van der Waals surface area contributed by atoms with Crippen LogP contribution in [0.4, 0.5) is 0 Å². The van der Waals surface area contributed by atoms with Crippen molar-refractivity contribution < 1.29 is 0 Å². The number of thiazole rings is 1.